The summed E-state index contributed by atoms with van der Waals surface area (Å²) in [5, 5.41) is 13.5. The fourth-order valence-electron chi connectivity index (χ4n) is 2.31. The van der Waals surface area contributed by atoms with Crippen molar-refractivity contribution >= 4 is 0 Å². The van der Waals surface area contributed by atoms with Crippen LogP contribution in [0.15, 0.2) is 24.3 Å². The third-order valence-corrected chi connectivity index (χ3v) is 3.45. The molecule has 1 atom stereocenters. The lowest BCUT2D eigenvalue weighted by molar-refractivity contribution is 0.149. The van der Waals surface area contributed by atoms with E-state index in [0.29, 0.717) is 12.6 Å². The van der Waals surface area contributed by atoms with Crippen molar-refractivity contribution in [2.75, 3.05) is 13.7 Å². The molecule has 0 aromatic heterocycles. The normalized spacial score (nSPS) is 25.1. The third kappa shape index (κ3) is 3.20. The van der Waals surface area contributed by atoms with Crippen LogP contribution in [0.5, 0.6) is 5.75 Å². The molecule has 1 aromatic rings. The first-order chi connectivity index (χ1) is 8.19. The van der Waals surface area contributed by atoms with Crippen LogP contribution in [0.1, 0.15) is 31.4 Å². The van der Waals surface area contributed by atoms with Gasteiger partial charge in [0.15, 0.2) is 0 Å². The molecule has 3 heteroatoms. The van der Waals surface area contributed by atoms with Crippen molar-refractivity contribution in [3.8, 4) is 5.75 Å². The SMILES string of the molecule is COc1cccc(C(O)CNC2CC(C)C2)c1. The van der Waals surface area contributed by atoms with Crippen LogP contribution in [0, 0.1) is 5.92 Å². The van der Waals surface area contributed by atoms with Crippen LogP contribution in [-0.4, -0.2) is 24.8 Å². The Morgan fingerprint density at radius 1 is 1.47 bits per heavy atom. The fourth-order valence-corrected chi connectivity index (χ4v) is 2.31. The zero-order valence-electron chi connectivity index (χ0n) is 10.5. The first-order valence-electron chi connectivity index (χ1n) is 6.24. The van der Waals surface area contributed by atoms with Crippen LogP contribution in [0.4, 0.5) is 0 Å². The molecule has 0 saturated heterocycles. The molecule has 0 aliphatic heterocycles. The molecule has 1 fully saturated rings. The number of hydrogen-bond donors (Lipinski definition) is 2. The lowest BCUT2D eigenvalue weighted by Crippen LogP contribution is -2.41. The molecule has 0 amide bonds. The molecule has 0 heterocycles. The van der Waals surface area contributed by atoms with E-state index in [1.165, 1.54) is 12.8 Å². The Morgan fingerprint density at radius 2 is 2.24 bits per heavy atom. The summed E-state index contributed by atoms with van der Waals surface area (Å²) >= 11 is 0. The average Bonchev–Trinajstić information content (AvgIpc) is 2.33. The topological polar surface area (TPSA) is 41.5 Å². The molecule has 94 valence electrons. The average molecular weight is 235 g/mol. The monoisotopic (exact) mass is 235 g/mol. The van der Waals surface area contributed by atoms with Crippen LogP contribution >= 0.6 is 0 Å². The van der Waals surface area contributed by atoms with Crippen LogP contribution < -0.4 is 10.1 Å². The van der Waals surface area contributed by atoms with Gasteiger partial charge in [0.2, 0.25) is 0 Å². The van der Waals surface area contributed by atoms with Gasteiger partial charge in [0.1, 0.15) is 5.75 Å². The van der Waals surface area contributed by atoms with Gasteiger partial charge in [0.05, 0.1) is 13.2 Å². The second kappa shape index (κ2) is 5.52. The van der Waals surface area contributed by atoms with E-state index in [4.69, 9.17) is 4.74 Å². The van der Waals surface area contributed by atoms with Gasteiger partial charge in [-0.3, -0.25) is 0 Å². The molecule has 2 N–H and O–H groups in total. The van der Waals surface area contributed by atoms with Crippen molar-refractivity contribution < 1.29 is 9.84 Å². The standard InChI is InChI=1S/C14H21NO2/c1-10-6-12(7-10)15-9-14(16)11-4-3-5-13(8-11)17-2/h3-5,8,10,12,14-16H,6-7,9H2,1-2H3. The van der Waals surface area contributed by atoms with Gasteiger partial charge in [-0.25, -0.2) is 0 Å². The van der Waals surface area contributed by atoms with Gasteiger partial charge in [-0.15, -0.1) is 0 Å². The number of methoxy groups -OCH3 is 1. The van der Waals surface area contributed by atoms with Gasteiger partial charge < -0.3 is 15.2 Å². The fraction of sp³-hybridized carbons (Fsp3) is 0.571. The quantitative estimate of drug-likeness (QED) is 0.821. The van der Waals surface area contributed by atoms with E-state index in [1.54, 1.807) is 7.11 Å². The number of aliphatic hydroxyl groups excluding tert-OH is 1. The number of hydrogen-bond acceptors (Lipinski definition) is 3. The lowest BCUT2D eigenvalue weighted by Gasteiger charge is -2.34. The van der Waals surface area contributed by atoms with Gasteiger partial charge in [-0.2, -0.15) is 0 Å². The van der Waals surface area contributed by atoms with E-state index in [0.717, 1.165) is 17.2 Å². The molecule has 1 unspecified atom stereocenters. The van der Waals surface area contributed by atoms with Crippen LogP contribution in [0.2, 0.25) is 0 Å². The summed E-state index contributed by atoms with van der Waals surface area (Å²) in [4.78, 5) is 0. The minimum absolute atomic E-state index is 0.457. The molecule has 1 aliphatic carbocycles. The van der Waals surface area contributed by atoms with E-state index in [-0.39, 0.29) is 0 Å². The first-order valence-corrected chi connectivity index (χ1v) is 6.24. The summed E-state index contributed by atoms with van der Waals surface area (Å²) in [5.74, 6) is 1.63. The van der Waals surface area contributed by atoms with Gasteiger partial charge in [-0.05, 0) is 36.5 Å². The zero-order chi connectivity index (χ0) is 12.3. The Hall–Kier alpha value is -1.06. The van der Waals surface area contributed by atoms with Gasteiger partial charge >= 0.3 is 0 Å². The van der Waals surface area contributed by atoms with Gasteiger partial charge in [-0.1, -0.05) is 19.1 Å². The summed E-state index contributed by atoms with van der Waals surface area (Å²) in [6.07, 6.45) is 2.00. The second-order valence-electron chi connectivity index (χ2n) is 4.97. The zero-order valence-corrected chi connectivity index (χ0v) is 10.5. The van der Waals surface area contributed by atoms with E-state index in [9.17, 15) is 5.11 Å². The number of ether oxygens (including phenoxy) is 1. The maximum atomic E-state index is 10.1. The van der Waals surface area contributed by atoms with Crippen molar-refractivity contribution in [3.05, 3.63) is 29.8 Å². The molecule has 2 rings (SSSR count). The second-order valence-corrected chi connectivity index (χ2v) is 4.97. The summed E-state index contributed by atoms with van der Waals surface area (Å²) in [5.41, 5.74) is 0.907. The maximum absolute atomic E-state index is 10.1. The Balaban J connectivity index is 1.83. The highest BCUT2D eigenvalue weighted by Gasteiger charge is 2.25. The molecule has 0 radical (unpaired) electrons. The Kier molecular flexibility index (Phi) is 4.02. The lowest BCUT2D eigenvalue weighted by atomic mass is 9.82. The Labute approximate surface area is 103 Å². The minimum atomic E-state index is -0.457. The molecule has 1 saturated carbocycles. The van der Waals surface area contributed by atoms with E-state index < -0.39 is 6.10 Å². The highest BCUT2D eigenvalue weighted by Crippen LogP contribution is 2.27. The van der Waals surface area contributed by atoms with Gasteiger partial charge in [0, 0.05) is 12.6 Å². The third-order valence-electron chi connectivity index (χ3n) is 3.45. The van der Waals surface area contributed by atoms with Crippen molar-refractivity contribution in [1.82, 2.24) is 5.32 Å². The summed E-state index contributed by atoms with van der Waals surface area (Å²) in [6.45, 7) is 2.88. The molecule has 1 aliphatic rings. The summed E-state index contributed by atoms with van der Waals surface area (Å²) < 4.78 is 5.15. The van der Waals surface area contributed by atoms with Crippen molar-refractivity contribution in [3.63, 3.8) is 0 Å². The van der Waals surface area contributed by atoms with Gasteiger partial charge in [0.25, 0.3) is 0 Å². The predicted molar refractivity (Wildman–Crippen MR) is 68.1 cm³/mol. The highest BCUT2D eigenvalue weighted by atomic mass is 16.5. The summed E-state index contributed by atoms with van der Waals surface area (Å²) in [6, 6.07) is 8.19. The van der Waals surface area contributed by atoms with Crippen LogP contribution in [0.3, 0.4) is 0 Å². The Bertz CT molecular complexity index is 361. The molecule has 3 nitrogen and oxygen atoms in total. The van der Waals surface area contributed by atoms with Crippen LogP contribution in [0.25, 0.3) is 0 Å². The molecule has 1 aromatic carbocycles. The summed E-state index contributed by atoms with van der Waals surface area (Å²) in [7, 11) is 1.64. The molecular weight excluding hydrogens is 214 g/mol. The van der Waals surface area contributed by atoms with E-state index in [2.05, 4.69) is 12.2 Å². The molecule has 0 spiro atoms. The van der Waals surface area contributed by atoms with Crippen molar-refractivity contribution in [2.24, 2.45) is 5.92 Å². The molecular formula is C14H21NO2. The highest BCUT2D eigenvalue weighted by molar-refractivity contribution is 5.29. The van der Waals surface area contributed by atoms with Crippen molar-refractivity contribution in [1.29, 1.82) is 0 Å². The Morgan fingerprint density at radius 3 is 2.88 bits per heavy atom. The van der Waals surface area contributed by atoms with Crippen LogP contribution in [-0.2, 0) is 0 Å². The minimum Gasteiger partial charge on any atom is -0.497 e. The molecule has 17 heavy (non-hydrogen) atoms. The first kappa shape index (κ1) is 12.4. The smallest absolute Gasteiger partial charge is 0.119 e. The molecule has 0 bridgehead atoms. The van der Waals surface area contributed by atoms with E-state index >= 15 is 0 Å². The number of aliphatic hydroxyl groups is 1. The van der Waals surface area contributed by atoms with Crippen molar-refractivity contribution in [2.45, 2.75) is 31.9 Å². The number of benzene rings is 1. The maximum Gasteiger partial charge on any atom is 0.119 e. The number of rotatable bonds is 5. The predicted octanol–water partition coefficient (Wildman–Crippen LogP) is 2.12. The van der Waals surface area contributed by atoms with E-state index in [1.807, 2.05) is 24.3 Å². The number of nitrogens with one attached hydrogen (secondary N) is 1. The largest absolute Gasteiger partial charge is 0.497 e.